The number of rotatable bonds is 11. The van der Waals surface area contributed by atoms with E-state index in [9.17, 15) is 10.1 Å². The van der Waals surface area contributed by atoms with Gasteiger partial charge in [0.2, 0.25) is 5.54 Å². The van der Waals surface area contributed by atoms with Crippen molar-refractivity contribution in [3.05, 3.63) is 10.1 Å². The highest BCUT2D eigenvalue weighted by molar-refractivity contribution is 4.93. The molecule has 0 bridgehead atoms. The van der Waals surface area contributed by atoms with E-state index in [0.717, 1.165) is 25.9 Å². The highest BCUT2D eigenvalue weighted by atomic mass is 16.6. The summed E-state index contributed by atoms with van der Waals surface area (Å²) >= 11 is 0. The van der Waals surface area contributed by atoms with Crippen LogP contribution in [0.15, 0.2) is 0 Å². The fourth-order valence-corrected chi connectivity index (χ4v) is 3.58. The Morgan fingerprint density at radius 2 is 1.52 bits per heavy atom. The third-order valence-corrected chi connectivity index (χ3v) is 5.13. The lowest BCUT2D eigenvalue weighted by molar-refractivity contribution is -0.580. The van der Waals surface area contributed by atoms with Gasteiger partial charge in [-0.3, -0.25) is 15.0 Å². The fourth-order valence-electron chi connectivity index (χ4n) is 3.58. The summed E-state index contributed by atoms with van der Waals surface area (Å²) in [6, 6.07) is 0.373. The van der Waals surface area contributed by atoms with Crippen LogP contribution < -0.4 is 0 Å². The lowest BCUT2D eigenvalue weighted by Gasteiger charge is -2.40. The third-order valence-electron chi connectivity index (χ3n) is 5.13. The molecule has 0 aliphatic carbocycles. The highest BCUT2D eigenvalue weighted by Crippen LogP contribution is 2.31. The Morgan fingerprint density at radius 1 is 1.05 bits per heavy atom. The second-order valence-electron chi connectivity index (χ2n) is 6.07. The molecule has 126 valence electrons. The van der Waals surface area contributed by atoms with Crippen LogP contribution in [0.4, 0.5) is 0 Å². The molecule has 0 aromatic carbocycles. The Bertz CT molecular complexity index is 300. The summed E-state index contributed by atoms with van der Waals surface area (Å²) in [6.07, 6.45) is 3.04. The van der Waals surface area contributed by atoms with Crippen LogP contribution in [-0.2, 0) is 0 Å². The van der Waals surface area contributed by atoms with Crippen molar-refractivity contribution in [2.75, 3.05) is 27.2 Å². The van der Waals surface area contributed by atoms with Crippen molar-refractivity contribution in [1.82, 2.24) is 9.80 Å². The average molecular weight is 301 g/mol. The molecule has 0 heterocycles. The molecule has 5 nitrogen and oxygen atoms in total. The molecular formula is C16H35N3O2. The third kappa shape index (κ3) is 4.65. The summed E-state index contributed by atoms with van der Waals surface area (Å²) in [6.45, 7) is 12.4. The lowest BCUT2D eigenvalue weighted by atomic mass is 9.80. The standard InChI is InChI=1S/C16H35N3O2/c1-8-14(18(11-4)12-5)13-15(17(6)7)16(9-2,10-3)19(20)21/h14-15H,8-13H2,1-7H3. The number of hydrogen-bond acceptors (Lipinski definition) is 4. The molecule has 0 fully saturated rings. The van der Waals surface area contributed by atoms with Crippen molar-refractivity contribution in [3.8, 4) is 0 Å². The molecule has 0 rings (SSSR count). The van der Waals surface area contributed by atoms with Crippen LogP contribution in [0.3, 0.4) is 0 Å². The quantitative estimate of drug-likeness (QED) is 0.434. The van der Waals surface area contributed by atoms with Crippen molar-refractivity contribution >= 4 is 0 Å². The van der Waals surface area contributed by atoms with E-state index in [-0.39, 0.29) is 11.0 Å². The SMILES string of the molecule is CCC(CC(N(C)C)C(CC)(CC)[N+](=O)[O-])N(CC)CC. The minimum atomic E-state index is -0.843. The van der Waals surface area contributed by atoms with Gasteiger partial charge in [0.05, 0.1) is 6.04 Å². The molecule has 0 radical (unpaired) electrons. The van der Waals surface area contributed by atoms with Gasteiger partial charge in [-0.2, -0.15) is 0 Å². The molecule has 0 N–H and O–H groups in total. The summed E-state index contributed by atoms with van der Waals surface area (Å²) in [5.41, 5.74) is -0.843. The molecule has 0 saturated carbocycles. The zero-order valence-electron chi connectivity index (χ0n) is 15.1. The van der Waals surface area contributed by atoms with Gasteiger partial charge in [0, 0.05) is 23.8 Å². The lowest BCUT2D eigenvalue weighted by Crippen LogP contribution is -2.57. The Kier molecular flexibility index (Phi) is 9.06. The minimum absolute atomic E-state index is 0.0342. The molecule has 0 aliphatic rings. The van der Waals surface area contributed by atoms with Crippen LogP contribution in [-0.4, -0.2) is 59.5 Å². The Hall–Kier alpha value is -0.680. The maximum Gasteiger partial charge on any atom is 0.236 e. The topological polar surface area (TPSA) is 49.6 Å². The number of likely N-dealkylation sites (N-methyl/N-ethyl adjacent to an activating group) is 1. The summed E-state index contributed by atoms with van der Waals surface area (Å²) in [4.78, 5) is 16.2. The van der Waals surface area contributed by atoms with E-state index in [2.05, 4.69) is 30.6 Å². The first-order chi connectivity index (χ1) is 9.84. The predicted octanol–water partition coefficient (Wildman–Crippen LogP) is 3.26. The molecule has 0 aliphatic heterocycles. The van der Waals surface area contributed by atoms with Crippen LogP contribution >= 0.6 is 0 Å². The largest absolute Gasteiger partial charge is 0.301 e. The van der Waals surface area contributed by atoms with Crippen molar-refractivity contribution in [2.45, 2.75) is 77.9 Å². The first kappa shape index (κ1) is 20.3. The van der Waals surface area contributed by atoms with E-state index in [1.165, 1.54) is 0 Å². The van der Waals surface area contributed by atoms with E-state index in [1.54, 1.807) is 0 Å². The van der Waals surface area contributed by atoms with Gasteiger partial charge in [-0.15, -0.1) is 0 Å². The molecule has 5 heteroatoms. The van der Waals surface area contributed by atoms with Crippen molar-refractivity contribution < 1.29 is 4.92 Å². The first-order valence-electron chi connectivity index (χ1n) is 8.39. The predicted molar refractivity (Wildman–Crippen MR) is 89.4 cm³/mol. The smallest absolute Gasteiger partial charge is 0.236 e. The Labute approximate surface area is 130 Å². The van der Waals surface area contributed by atoms with Gasteiger partial charge < -0.3 is 4.90 Å². The van der Waals surface area contributed by atoms with E-state index >= 15 is 0 Å². The summed E-state index contributed by atoms with van der Waals surface area (Å²) in [5.74, 6) is 0. The van der Waals surface area contributed by atoms with Crippen LogP contribution in [0, 0.1) is 10.1 Å². The van der Waals surface area contributed by atoms with Gasteiger partial charge in [-0.05, 0) is 40.0 Å². The molecule has 0 aromatic rings. The molecule has 2 atom stereocenters. The maximum absolute atomic E-state index is 11.8. The van der Waals surface area contributed by atoms with E-state index in [4.69, 9.17) is 0 Å². The van der Waals surface area contributed by atoms with Gasteiger partial charge in [0.25, 0.3) is 0 Å². The summed E-state index contributed by atoms with van der Waals surface area (Å²) in [7, 11) is 3.95. The molecule has 21 heavy (non-hydrogen) atoms. The summed E-state index contributed by atoms with van der Waals surface area (Å²) < 4.78 is 0. The maximum atomic E-state index is 11.8. The molecule has 0 aromatic heterocycles. The normalized spacial score (nSPS) is 15.5. The first-order valence-corrected chi connectivity index (χ1v) is 8.39. The fraction of sp³-hybridized carbons (Fsp3) is 1.00. The molecule has 0 amide bonds. The van der Waals surface area contributed by atoms with Crippen LogP contribution in [0.2, 0.25) is 0 Å². The number of hydrogen-bond donors (Lipinski definition) is 0. The molecular weight excluding hydrogens is 266 g/mol. The van der Waals surface area contributed by atoms with Gasteiger partial charge in [0.1, 0.15) is 0 Å². The van der Waals surface area contributed by atoms with Crippen molar-refractivity contribution in [1.29, 1.82) is 0 Å². The van der Waals surface area contributed by atoms with E-state index < -0.39 is 5.54 Å². The number of nitrogens with zero attached hydrogens (tertiary/aromatic N) is 3. The van der Waals surface area contributed by atoms with Gasteiger partial charge in [0.15, 0.2) is 0 Å². The zero-order valence-corrected chi connectivity index (χ0v) is 15.1. The van der Waals surface area contributed by atoms with Gasteiger partial charge >= 0.3 is 0 Å². The number of nitro groups is 1. The van der Waals surface area contributed by atoms with Gasteiger partial charge in [-0.1, -0.05) is 34.6 Å². The van der Waals surface area contributed by atoms with Crippen molar-refractivity contribution in [3.63, 3.8) is 0 Å². The minimum Gasteiger partial charge on any atom is -0.301 e. The van der Waals surface area contributed by atoms with Crippen LogP contribution in [0.1, 0.15) is 60.3 Å². The molecule has 2 unspecified atom stereocenters. The molecule has 0 saturated heterocycles. The summed E-state index contributed by atoms with van der Waals surface area (Å²) in [5, 5.41) is 11.8. The average Bonchev–Trinajstić information content (AvgIpc) is 2.46. The molecule has 0 spiro atoms. The zero-order chi connectivity index (χ0) is 16.6. The second-order valence-corrected chi connectivity index (χ2v) is 6.07. The van der Waals surface area contributed by atoms with Crippen LogP contribution in [0.5, 0.6) is 0 Å². The monoisotopic (exact) mass is 301 g/mol. The Morgan fingerprint density at radius 3 is 1.76 bits per heavy atom. The highest BCUT2D eigenvalue weighted by Gasteiger charge is 2.49. The van der Waals surface area contributed by atoms with E-state index in [1.807, 2.05) is 27.9 Å². The van der Waals surface area contributed by atoms with Crippen LogP contribution in [0.25, 0.3) is 0 Å². The second kappa shape index (κ2) is 9.36. The van der Waals surface area contributed by atoms with E-state index in [0.29, 0.717) is 18.9 Å². The van der Waals surface area contributed by atoms with Crippen molar-refractivity contribution in [2.24, 2.45) is 0 Å². The van der Waals surface area contributed by atoms with Gasteiger partial charge in [-0.25, -0.2) is 0 Å². The Balaban J connectivity index is 5.43.